The van der Waals surface area contributed by atoms with Crippen LogP contribution >= 0.6 is 35.1 Å². The van der Waals surface area contributed by atoms with E-state index in [1.807, 2.05) is 20.8 Å². The third-order valence-corrected chi connectivity index (χ3v) is 3.59. The smallest absolute Gasteiger partial charge is 0.307 e. The minimum Gasteiger partial charge on any atom is -0.307 e. The summed E-state index contributed by atoms with van der Waals surface area (Å²) < 4.78 is 1.53. The number of rotatable bonds is 2. The maximum Gasteiger partial charge on any atom is 0.331 e. The summed E-state index contributed by atoms with van der Waals surface area (Å²) in [5.41, 5.74) is 0.621. The summed E-state index contributed by atoms with van der Waals surface area (Å²) in [7, 11) is 1.72. The van der Waals surface area contributed by atoms with Gasteiger partial charge in [-0.2, -0.15) is 0 Å². The van der Waals surface area contributed by atoms with Crippen molar-refractivity contribution >= 4 is 46.9 Å². The standard InChI is InChI=1S/C12H16Cl2N2OS/c1-12(2,3)18-16(4)11(17)15-8-5-6-9(13)10(14)7-8/h5-7H,1-4H3,(H,15,17). The predicted octanol–water partition coefficient (Wildman–Crippen LogP) is 4.90. The Morgan fingerprint density at radius 3 is 2.39 bits per heavy atom. The molecule has 0 atom stereocenters. The van der Waals surface area contributed by atoms with Gasteiger partial charge in [0.2, 0.25) is 0 Å². The second kappa shape index (κ2) is 6.04. The number of anilines is 1. The lowest BCUT2D eigenvalue weighted by molar-refractivity contribution is 0.242. The lowest BCUT2D eigenvalue weighted by Crippen LogP contribution is -2.29. The highest BCUT2D eigenvalue weighted by molar-refractivity contribution is 7.98. The summed E-state index contributed by atoms with van der Waals surface area (Å²) in [6, 6.07) is 4.78. The van der Waals surface area contributed by atoms with Crippen molar-refractivity contribution < 1.29 is 4.79 Å². The van der Waals surface area contributed by atoms with Crippen LogP contribution in [0.25, 0.3) is 0 Å². The van der Waals surface area contributed by atoms with Crippen LogP contribution in [0.15, 0.2) is 18.2 Å². The third-order valence-electron chi connectivity index (χ3n) is 1.87. The van der Waals surface area contributed by atoms with Crippen LogP contribution in [-0.4, -0.2) is 22.1 Å². The highest BCUT2D eigenvalue weighted by Gasteiger charge is 2.18. The molecular weight excluding hydrogens is 291 g/mol. The van der Waals surface area contributed by atoms with E-state index in [0.717, 1.165) is 0 Å². The molecule has 0 saturated carbocycles. The number of amides is 2. The first kappa shape index (κ1) is 15.5. The van der Waals surface area contributed by atoms with E-state index in [-0.39, 0.29) is 10.8 Å². The van der Waals surface area contributed by atoms with E-state index in [4.69, 9.17) is 23.2 Å². The quantitative estimate of drug-likeness (QED) is 0.788. The van der Waals surface area contributed by atoms with Crippen molar-refractivity contribution in [3.8, 4) is 0 Å². The number of carbonyl (C=O) groups excluding carboxylic acids is 1. The van der Waals surface area contributed by atoms with Crippen molar-refractivity contribution in [2.75, 3.05) is 12.4 Å². The van der Waals surface area contributed by atoms with Crippen molar-refractivity contribution in [1.29, 1.82) is 0 Å². The number of carbonyl (C=O) groups is 1. The molecule has 0 spiro atoms. The van der Waals surface area contributed by atoms with E-state index in [0.29, 0.717) is 15.7 Å². The van der Waals surface area contributed by atoms with Gasteiger partial charge in [0.05, 0.1) is 10.0 Å². The number of hydrogen-bond donors (Lipinski definition) is 1. The zero-order chi connectivity index (χ0) is 13.9. The molecule has 0 aliphatic heterocycles. The van der Waals surface area contributed by atoms with E-state index in [9.17, 15) is 4.79 Å². The second-order valence-electron chi connectivity index (χ2n) is 4.76. The predicted molar refractivity (Wildman–Crippen MR) is 80.6 cm³/mol. The fourth-order valence-corrected chi connectivity index (χ4v) is 2.48. The van der Waals surface area contributed by atoms with Gasteiger partial charge in [-0.05, 0) is 50.9 Å². The van der Waals surface area contributed by atoms with Crippen LogP contribution in [0.2, 0.25) is 10.0 Å². The molecule has 0 heterocycles. The zero-order valence-corrected chi connectivity index (χ0v) is 13.1. The Bertz CT molecular complexity index is 446. The van der Waals surface area contributed by atoms with E-state index in [1.165, 1.54) is 11.9 Å². The molecule has 0 unspecified atom stereocenters. The molecule has 0 aliphatic rings. The Morgan fingerprint density at radius 2 is 1.89 bits per heavy atom. The van der Waals surface area contributed by atoms with E-state index >= 15 is 0 Å². The molecule has 6 heteroatoms. The summed E-state index contributed by atoms with van der Waals surface area (Å²) >= 11 is 13.1. The normalized spacial score (nSPS) is 11.2. The molecule has 1 aromatic carbocycles. The zero-order valence-electron chi connectivity index (χ0n) is 10.8. The van der Waals surface area contributed by atoms with Crippen LogP contribution in [0.4, 0.5) is 10.5 Å². The van der Waals surface area contributed by atoms with Crippen molar-refractivity contribution in [3.05, 3.63) is 28.2 Å². The molecular formula is C12H16Cl2N2OS. The van der Waals surface area contributed by atoms with E-state index in [2.05, 4.69) is 5.32 Å². The number of nitrogens with zero attached hydrogens (tertiary/aromatic N) is 1. The summed E-state index contributed by atoms with van der Waals surface area (Å²) in [5, 5.41) is 3.64. The molecule has 1 N–H and O–H groups in total. The summed E-state index contributed by atoms with van der Waals surface area (Å²) in [4.78, 5) is 11.9. The van der Waals surface area contributed by atoms with Gasteiger partial charge in [0.1, 0.15) is 0 Å². The molecule has 2 amide bonds. The van der Waals surface area contributed by atoms with Gasteiger partial charge in [0.15, 0.2) is 0 Å². The van der Waals surface area contributed by atoms with Gasteiger partial charge in [0, 0.05) is 17.5 Å². The molecule has 3 nitrogen and oxygen atoms in total. The van der Waals surface area contributed by atoms with Gasteiger partial charge in [-0.3, -0.25) is 4.31 Å². The molecule has 0 radical (unpaired) electrons. The minimum absolute atomic E-state index is 0.0241. The maximum atomic E-state index is 11.9. The molecule has 0 aromatic heterocycles. The summed E-state index contributed by atoms with van der Waals surface area (Å²) in [6.45, 7) is 6.13. The van der Waals surface area contributed by atoms with Crippen molar-refractivity contribution in [1.82, 2.24) is 4.31 Å². The van der Waals surface area contributed by atoms with Gasteiger partial charge in [-0.25, -0.2) is 4.79 Å². The van der Waals surface area contributed by atoms with Gasteiger partial charge in [-0.1, -0.05) is 23.2 Å². The fourth-order valence-electron chi connectivity index (χ4n) is 1.23. The average Bonchev–Trinajstić information content (AvgIpc) is 2.21. The lowest BCUT2D eigenvalue weighted by Gasteiger charge is -2.25. The van der Waals surface area contributed by atoms with Crippen LogP contribution in [0.5, 0.6) is 0 Å². The maximum absolute atomic E-state index is 11.9. The monoisotopic (exact) mass is 306 g/mol. The Balaban J connectivity index is 2.67. The largest absolute Gasteiger partial charge is 0.331 e. The van der Waals surface area contributed by atoms with Crippen LogP contribution in [0.1, 0.15) is 20.8 Å². The Morgan fingerprint density at radius 1 is 1.28 bits per heavy atom. The van der Waals surface area contributed by atoms with Gasteiger partial charge >= 0.3 is 6.03 Å². The van der Waals surface area contributed by atoms with Crippen LogP contribution in [-0.2, 0) is 0 Å². The number of urea groups is 1. The van der Waals surface area contributed by atoms with Gasteiger partial charge < -0.3 is 5.32 Å². The molecule has 0 aliphatic carbocycles. The minimum atomic E-state index is -0.201. The molecule has 1 rings (SSSR count). The first-order chi connectivity index (χ1) is 8.19. The van der Waals surface area contributed by atoms with Crippen LogP contribution in [0, 0.1) is 0 Å². The van der Waals surface area contributed by atoms with Gasteiger partial charge in [0.25, 0.3) is 0 Å². The van der Waals surface area contributed by atoms with E-state index < -0.39 is 0 Å². The number of hydrogen-bond acceptors (Lipinski definition) is 2. The number of halogens is 2. The van der Waals surface area contributed by atoms with Crippen molar-refractivity contribution in [3.63, 3.8) is 0 Å². The average molecular weight is 307 g/mol. The molecule has 1 aromatic rings. The summed E-state index contributed by atoms with van der Waals surface area (Å²) in [6.07, 6.45) is 0. The van der Waals surface area contributed by atoms with Gasteiger partial charge in [-0.15, -0.1) is 0 Å². The number of nitrogens with one attached hydrogen (secondary N) is 1. The van der Waals surface area contributed by atoms with Crippen LogP contribution in [0.3, 0.4) is 0 Å². The summed E-state index contributed by atoms with van der Waals surface area (Å²) in [5.74, 6) is 0. The Kier molecular flexibility index (Phi) is 5.20. The Labute approximate surface area is 122 Å². The lowest BCUT2D eigenvalue weighted by atomic mass is 10.3. The highest BCUT2D eigenvalue weighted by Crippen LogP contribution is 2.28. The van der Waals surface area contributed by atoms with Crippen molar-refractivity contribution in [2.45, 2.75) is 25.5 Å². The molecule has 0 fully saturated rings. The van der Waals surface area contributed by atoms with Crippen molar-refractivity contribution in [2.24, 2.45) is 0 Å². The molecule has 0 saturated heterocycles. The first-order valence-electron chi connectivity index (χ1n) is 5.38. The fraction of sp³-hybridized carbons (Fsp3) is 0.417. The van der Waals surface area contributed by atoms with Crippen LogP contribution < -0.4 is 5.32 Å². The number of benzene rings is 1. The highest BCUT2D eigenvalue weighted by atomic mass is 35.5. The Hall–Kier alpha value is -0.580. The second-order valence-corrected chi connectivity index (χ2v) is 7.53. The SMILES string of the molecule is CN(SC(C)(C)C)C(=O)Nc1ccc(Cl)c(Cl)c1. The molecule has 100 valence electrons. The third kappa shape index (κ3) is 4.96. The topological polar surface area (TPSA) is 32.3 Å². The molecule has 18 heavy (non-hydrogen) atoms. The van der Waals surface area contributed by atoms with E-state index in [1.54, 1.807) is 29.6 Å². The molecule has 0 bridgehead atoms. The first-order valence-corrected chi connectivity index (χ1v) is 6.91.